The predicted molar refractivity (Wildman–Crippen MR) is 133 cm³/mol. The smallest absolute Gasteiger partial charge is 0.147 e. The summed E-state index contributed by atoms with van der Waals surface area (Å²) in [6, 6.07) is 25.4. The number of hydrogen-bond donors (Lipinski definition) is 1. The number of rotatable bonds is 9. The van der Waals surface area contributed by atoms with Crippen molar-refractivity contribution in [1.29, 1.82) is 0 Å². The first-order valence-electron chi connectivity index (χ1n) is 11.4. The quantitative estimate of drug-likeness (QED) is 0.376. The molecule has 2 unspecified atom stereocenters. The highest BCUT2D eigenvalue weighted by Crippen LogP contribution is 2.42. The van der Waals surface area contributed by atoms with Crippen LogP contribution in [0.15, 0.2) is 78.9 Å². The number of aliphatic hydroxyl groups excluding tert-OH is 1. The van der Waals surface area contributed by atoms with Crippen molar-refractivity contribution in [1.82, 2.24) is 0 Å². The second-order valence-corrected chi connectivity index (χ2v) is 8.27. The lowest BCUT2D eigenvalue weighted by Crippen LogP contribution is -2.40. The van der Waals surface area contributed by atoms with Crippen molar-refractivity contribution < 1.29 is 28.8 Å². The molecule has 35 heavy (non-hydrogen) atoms. The molecule has 1 fully saturated rings. The third kappa shape index (κ3) is 4.77. The second-order valence-electron chi connectivity index (χ2n) is 8.27. The summed E-state index contributed by atoms with van der Waals surface area (Å²) in [4.78, 5) is 0. The molecule has 0 radical (unpaired) electrons. The molecular weight excluding hydrogens is 444 g/mol. The lowest BCUT2D eigenvalue weighted by atomic mass is 9.80. The maximum atomic E-state index is 10.8. The van der Waals surface area contributed by atoms with E-state index in [1.165, 1.54) is 7.11 Å². The van der Waals surface area contributed by atoms with E-state index in [0.29, 0.717) is 0 Å². The van der Waals surface area contributed by atoms with Gasteiger partial charge in [-0.3, -0.25) is 0 Å². The Morgan fingerprint density at radius 3 is 1.77 bits per heavy atom. The van der Waals surface area contributed by atoms with Crippen LogP contribution in [-0.2, 0) is 19.8 Å². The van der Waals surface area contributed by atoms with Crippen LogP contribution in [0.5, 0.6) is 11.5 Å². The molecule has 4 atom stereocenters. The van der Waals surface area contributed by atoms with Crippen molar-refractivity contribution in [3.05, 3.63) is 95.6 Å². The van der Waals surface area contributed by atoms with Crippen LogP contribution in [0.4, 0.5) is 0 Å². The Morgan fingerprint density at radius 2 is 1.34 bits per heavy atom. The van der Waals surface area contributed by atoms with E-state index in [1.807, 2.05) is 78.9 Å². The van der Waals surface area contributed by atoms with Crippen LogP contribution in [0.1, 0.15) is 16.7 Å². The SMILES string of the molecule is C#C[C@@H]1O[C@H](COC(c2ccccc2)(c2ccc(OC)cc2)c2ccc(OC)cc2)C(O)C1OC. The van der Waals surface area contributed by atoms with E-state index in [1.54, 1.807) is 14.2 Å². The molecular formula is C29H30O6. The fraction of sp³-hybridized carbons (Fsp3) is 0.310. The summed E-state index contributed by atoms with van der Waals surface area (Å²) < 4.78 is 28.9. The monoisotopic (exact) mass is 474 g/mol. The molecule has 1 heterocycles. The molecule has 0 aromatic heterocycles. The first-order valence-corrected chi connectivity index (χ1v) is 11.4. The summed E-state index contributed by atoms with van der Waals surface area (Å²) in [5.74, 6) is 4.02. The molecule has 6 nitrogen and oxygen atoms in total. The summed E-state index contributed by atoms with van der Waals surface area (Å²) >= 11 is 0. The first kappa shape index (κ1) is 24.8. The third-order valence-corrected chi connectivity index (χ3v) is 6.41. The van der Waals surface area contributed by atoms with Gasteiger partial charge in [0, 0.05) is 7.11 Å². The largest absolute Gasteiger partial charge is 0.497 e. The standard InChI is InChI=1S/C29H30O6/c1-5-25-28(33-4)27(30)26(35-25)19-34-29(20-9-7-6-8-10-20,21-11-15-23(31-2)16-12-21)22-13-17-24(32-3)18-14-22/h1,6-18,25-28,30H,19H2,2-4H3/t25-,26+,27?,28?/m0/s1. The molecule has 0 amide bonds. The van der Waals surface area contributed by atoms with Gasteiger partial charge in [0.15, 0.2) is 0 Å². The Kier molecular flexibility index (Phi) is 7.74. The van der Waals surface area contributed by atoms with Gasteiger partial charge in [0.05, 0.1) is 20.8 Å². The average Bonchev–Trinajstić information content (AvgIpc) is 3.24. The van der Waals surface area contributed by atoms with Crippen LogP contribution in [0.3, 0.4) is 0 Å². The molecule has 0 spiro atoms. The van der Waals surface area contributed by atoms with E-state index < -0.39 is 30.0 Å². The topological polar surface area (TPSA) is 66.4 Å². The highest BCUT2D eigenvalue weighted by molar-refractivity contribution is 5.49. The zero-order valence-corrected chi connectivity index (χ0v) is 20.1. The molecule has 0 aliphatic carbocycles. The van der Waals surface area contributed by atoms with E-state index in [-0.39, 0.29) is 6.61 Å². The van der Waals surface area contributed by atoms with Crippen molar-refractivity contribution in [2.75, 3.05) is 27.9 Å². The maximum absolute atomic E-state index is 10.8. The molecule has 1 saturated heterocycles. The maximum Gasteiger partial charge on any atom is 0.147 e. The molecule has 3 aromatic rings. The molecule has 0 bridgehead atoms. The minimum atomic E-state index is -1.01. The molecule has 1 aliphatic heterocycles. The van der Waals surface area contributed by atoms with Crippen molar-refractivity contribution in [2.24, 2.45) is 0 Å². The van der Waals surface area contributed by atoms with E-state index >= 15 is 0 Å². The summed E-state index contributed by atoms with van der Waals surface area (Å²) in [7, 11) is 4.77. The lowest BCUT2D eigenvalue weighted by Gasteiger charge is -2.37. The minimum absolute atomic E-state index is 0.0756. The van der Waals surface area contributed by atoms with Crippen LogP contribution in [0, 0.1) is 12.3 Å². The Bertz CT molecular complexity index is 1070. The normalized spacial score (nSPS) is 21.9. The fourth-order valence-corrected chi connectivity index (χ4v) is 4.55. The predicted octanol–water partition coefficient (Wildman–Crippen LogP) is 3.79. The summed E-state index contributed by atoms with van der Waals surface area (Å²) in [6.45, 7) is 0.0756. The highest BCUT2D eigenvalue weighted by atomic mass is 16.6. The molecule has 0 saturated carbocycles. The van der Waals surface area contributed by atoms with Crippen molar-refractivity contribution >= 4 is 0 Å². The highest BCUT2D eigenvalue weighted by Gasteiger charge is 2.46. The van der Waals surface area contributed by atoms with Crippen molar-refractivity contribution in [3.8, 4) is 23.8 Å². The molecule has 1 aliphatic rings. The zero-order chi connectivity index (χ0) is 24.8. The Hall–Kier alpha value is -3.34. The van der Waals surface area contributed by atoms with Gasteiger partial charge in [-0.1, -0.05) is 60.5 Å². The van der Waals surface area contributed by atoms with Gasteiger partial charge in [-0.25, -0.2) is 0 Å². The number of methoxy groups -OCH3 is 3. The van der Waals surface area contributed by atoms with Gasteiger partial charge in [0.25, 0.3) is 0 Å². The van der Waals surface area contributed by atoms with Gasteiger partial charge >= 0.3 is 0 Å². The molecule has 1 N–H and O–H groups in total. The minimum Gasteiger partial charge on any atom is -0.497 e. The van der Waals surface area contributed by atoms with Gasteiger partial charge in [-0.2, -0.15) is 0 Å². The van der Waals surface area contributed by atoms with Gasteiger partial charge < -0.3 is 28.8 Å². The van der Waals surface area contributed by atoms with Gasteiger partial charge in [0.2, 0.25) is 0 Å². The molecule has 3 aromatic carbocycles. The van der Waals surface area contributed by atoms with Crippen LogP contribution >= 0.6 is 0 Å². The Balaban J connectivity index is 1.81. The zero-order valence-electron chi connectivity index (χ0n) is 20.1. The average molecular weight is 475 g/mol. The summed E-state index contributed by atoms with van der Waals surface area (Å²) in [5, 5.41) is 10.8. The Morgan fingerprint density at radius 1 is 0.829 bits per heavy atom. The fourth-order valence-electron chi connectivity index (χ4n) is 4.55. The van der Waals surface area contributed by atoms with Gasteiger partial charge in [-0.15, -0.1) is 6.42 Å². The Labute approximate surface area is 206 Å². The van der Waals surface area contributed by atoms with Gasteiger partial charge in [-0.05, 0) is 41.0 Å². The van der Waals surface area contributed by atoms with Crippen LogP contribution in [0.25, 0.3) is 0 Å². The second kappa shape index (κ2) is 10.9. The summed E-state index contributed by atoms with van der Waals surface area (Å²) in [6.07, 6.45) is 2.73. The lowest BCUT2D eigenvalue weighted by molar-refractivity contribution is -0.0773. The van der Waals surface area contributed by atoms with Crippen LogP contribution in [0.2, 0.25) is 0 Å². The van der Waals surface area contributed by atoms with E-state index in [2.05, 4.69) is 5.92 Å². The first-order chi connectivity index (χ1) is 17.1. The number of ether oxygens (including phenoxy) is 5. The molecule has 182 valence electrons. The molecule has 4 rings (SSSR count). The number of hydrogen-bond acceptors (Lipinski definition) is 6. The van der Waals surface area contributed by atoms with Crippen molar-refractivity contribution in [2.45, 2.75) is 30.0 Å². The van der Waals surface area contributed by atoms with Gasteiger partial charge in [0.1, 0.15) is 41.5 Å². The van der Waals surface area contributed by atoms with E-state index in [0.717, 1.165) is 28.2 Å². The molecule has 6 heteroatoms. The summed E-state index contributed by atoms with van der Waals surface area (Å²) in [5.41, 5.74) is 1.68. The number of terminal acetylenes is 1. The van der Waals surface area contributed by atoms with E-state index in [4.69, 9.17) is 30.1 Å². The number of aliphatic hydroxyl groups is 1. The van der Waals surface area contributed by atoms with E-state index in [9.17, 15) is 5.11 Å². The van der Waals surface area contributed by atoms with Crippen LogP contribution in [-0.4, -0.2) is 57.5 Å². The third-order valence-electron chi connectivity index (χ3n) is 6.41. The van der Waals surface area contributed by atoms with Crippen molar-refractivity contribution in [3.63, 3.8) is 0 Å². The number of benzene rings is 3. The van der Waals surface area contributed by atoms with Crippen LogP contribution < -0.4 is 9.47 Å².